The average molecular weight is 257 g/mol. The Labute approximate surface area is 110 Å². The topological polar surface area (TPSA) is 96.1 Å². The molecule has 0 amide bonds. The number of aromatic hydroxyl groups is 1. The summed E-state index contributed by atoms with van der Waals surface area (Å²) in [6.45, 7) is 1.59. The minimum absolute atomic E-state index is 0.157. The van der Waals surface area contributed by atoms with Crippen LogP contribution in [0.3, 0.4) is 0 Å². The number of fused-ring (bicyclic) bond motifs is 1. The summed E-state index contributed by atoms with van der Waals surface area (Å²) < 4.78 is 0. The van der Waals surface area contributed by atoms with Crippen molar-refractivity contribution in [3.8, 4) is 5.75 Å². The maximum absolute atomic E-state index is 9.72. The number of hydrogen-bond acceptors (Lipinski definition) is 6. The van der Waals surface area contributed by atoms with Gasteiger partial charge >= 0.3 is 0 Å². The second kappa shape index (κ2) is 4.74. The summed E-state index contributed by atoms with van der Waals surface area (Å²) >= 11 is 0. The number of nitrogens with one attached hydrogen (secondary N) is 2. The van der Waals surface area contributed by atoms with E-state index in [9.17, 15) is 5.11 Å². The number of benzene rings is 1. The number of phenolic OH excluding ortho intramolecular Hbond substituents is 1. The number of nitrogen functional groups attached to an aromatic ring is 1. The molecule has 19 heavy (non-hydrogen) atoms. The van der Waals surface area contributed by atoms with Crippen molar-refractivity contribution in [1.82, 2.24) is 15.3 Å². The van der Waals surface area contributed by atoms with Crippen LogP contribution in [-0.2, 0) is 13.0 Å². The Morgan fingerprint density at radius 2 is 2.11 bits per heavy atom. The minimum Gasteiger partial charge on any atom is -0.506 e. The molecule has 0 saturated heterocycles. The molecule has 0 atom stereocenters. The van der Waals surface area contributed by atoms with Crippen molar-refractivity contribution >= 4 is 17.5 Å². The quantitative estimate of drug-likeness (QED) is 0.603. The van der Waals surface area contributed by atoms with Crippen molar-refractivity contribution < 1.29 is 5.11 Å². The van der Waals surface area contributed by atoms with Gasteiger partial charge in [0.1, 0.15) is 11.6 Å². The fourth-order valence-electron chi connectivity index (χ4n) is 2.12. The van der Waals surface area contributed by atoms with Crippen molar-refractivity contribution in [2.75, 3.05) is 17.6 Å². The SMILES string of the molecule is Nc1nc(Nc2ccccc2O)nc2c1CNCC2. The third-order valence-electron chi connectivity index (χ3n) is 3.12. The van der Waals surface area contributed by atoms with Crippen LogP contribution in [0.15, 0.2) is 24.3 Å². The second-order valence-electron chi connectivity index (χ2n) is 4.43. The Kier molecular flexibility index (Phi) is 2.92. The van der Waals surface area contributed by atoms with Crippen molar-refractivity contribution in [1.29, 1.82) is 0 Å². The normalized spacial score (nSPS) is 13.9. The van der Waals surface area contributed by atoms with Gasteiger partial charge < -0.3 is 21.5 Å². The smallest absolute Gasteiger partial charge is 0.229 e. The zero-order chi connectivity index (χ0) is 13.2. The molecule has 2 aromatic rings. The number of anilines is 3. The highest BCUT2D eigenvalue weighted by Gasteiger charge is 2.16. The molecule has 0 saturated carbocycles. The predicted molar refractivity (Wildman–Crippen MR) is 73.2 cm³/mol. The zero-order valence-corrected chi connectivity index (χ0v) is 10.3. The molecule has 98 valence electrons. The highest BCUT2D eigenvalue weighted by Crippen LogP contribution is 2.26. The van der Waals surface area contributed by atoms with Gasteiger partial charge in [-0.05, 0) is 12.1 Å². The van der Waals surface area contributed by atoms with E-state index in [1.165, 1.54) is 0 Å². The summed E-state index contributed by atoms with van der Waals surface area (Å²) in [6.07, 6.45) is 0.831. The monoisotopic (exact) mass is 257 g/mol. The van der Waals surface area contributed by atoms with Crippen molar-refractivity contribution in [2.45, 2.75) is 13.0 Å². The lowest BCUT2D eigenvalue weighted by molar-refractivity contribution is 0.477. The highest BCUT2D eigenvalue weighted by molar-refractivity contribution is 5.63. The minimum atomic E-state index is 0.157. The molecule has 0 fully saturated rings. The van der Waals surface area contributed by atoms with Gasteiger partial charge in [0.2, 0.25) is 5.95 Å². The van der Waals surface area contributed by atoms with Crippen LogP contribution in [0, 0.1) is 0 Å². The first-order valence-electron chi connectivity index (χ1n) is 6.15. The van der Waals surface area contributed by atoms with Gasteiger partial charge in [-0.15, -0.1) is 0 Å². The first kappa shape index (κ1) is 11.7. The molecule has 5 N–H and O–H groups in total. The lowest BCUT2D eigenvalue weighted by Gasteiger charge is -2.18. The molecule has 0 spiro atoms. The molecular weight excluding hydrogens is 242 g/mol. The number of aromatic nitrogens is 2. The van der Waals surface area contributed by atoms with Gasteiger partial charge in [-0.1, -0.05) is 12.1 Å². The van der Waals surface area contributed by atoms with E-state index >= 15 is 0 Å². The first-order valence-corrected chi connectivity index (χ1v) is 6.15. The van der Waals surface area contributed by atoms with E-state index in [-0.39, 0.29) is 5.75 Å². The van der Waals surface area contributed by atoms with Gasteiger partial charge in [0.05, 0.1) is 11.4 Å². The van der Waals surface area contributed by atoms with Gasteiger partial charge in [0, 0.05) is 25.1 Å². The molecular formula is C13H15N5O. The van der Waals surface area contributed by atoms with Gasteiger partial charge in [-0.25, -0.2) is 4.98 Å². The zero-order valence-electron chi connectivity index (χ0n) is 10.3. The van der Waals surface area contributed by atoms with E-state index in [1.807, 2.05) is 6.07 Å². The first-order chi connectivity index (χ1) is 9.24. The van der Waals surface area contributed by atoms with Gasteiger partial charge in [0.15, 0.2) is 0 Å². The van der Waals surface area contributed by atoms with E-state index in [2.05, 4.69) is 20.6 Å². The van der Waals surface area contributed by atoms with E-state index in [0.29, 0.717) is 24.0 Å². The summed E-state index contributed by atoms with van der Waals surface area (Å²) in [5.41, 5.74) is 8.43. The largest absolute Gasteiger partial charge is 0.506 e. The van der Waals surface area contributed by atoms with Crippen LogP contribution >= 0.6 is 0 Å². The molecule has 6 heteroatoms. The predicted octanol–water partition coefficient (Wildman–Crippen LogP) is 1.15. The van der Waals surface area contributed by atoms with Crippen LogP contribution < -0.4 is 16.4 Å². The lowest BCUT2D eigenvalue weighted by Crippen LogP contribution is -2.26. The van der Waals surface area contributed by atoms with Crippen LogP contribution in [0.5, 0.6) is 5.75 Å². The summed E-state index contributed by atoms with van der Waals surface area (Å²) in [6, 6.07) is 6.95. The number of nitrogens with zero attached hydrogens (tertiary/aromatic N) is 2. The lowest BCUT2D eigenvalue weighted by atomic mass is 10.1. The molecule has 2 heterocycles. The fraction of sp³-hybridized carbons (Fsp3) is 0.231. The van der Waals surface area contributed by atoms with Crippen LogP contribution in [0.25, 0.3) is 0 Å². The third-order valence-corrected chi connectivity index (χ3v) is 3.12. The Morgan fingerprint density at radius 1 is 1.26 bits per heavy atom. The Bertz CT molecular complexity index is 614. The van der Waals surface area contributed by atoms with Gasteiger partial charge in [0.25, 0.3) is 0 Å². The van der Waals surface area contributed by atoms with E-state index in [1.54, 1.807) is 18.2 Å². The fourth-order valence-corrected chi connectivity index (χ4v) is 2.12. The van der Waals surface area contributed by atoms with Crippen LogP contribution in [0.4, 0.5) is 17.5 Å². The van der Waals surface area contributed by atoms with Crippen molar-refractivity contribution in [3.63, 3.8) is 0 Å². The number of hydrogen-bond donors (Lipinski definition) is 4. The standard InChI is InChI=1S/C13H15N5O/c14-12-8-7-15-6-5-9(8)16-13(18-12)17-10-3-1-2-4-11(10)19/h1-4,15,19H,5-7H2,(H3,14,16,17,18). The van der Waals surface area contributed by atoms with E-state index in [4.69, 9.17) is 5.73 Å². The molecule has 0 unspecified atom stereocenters. The highest BCUT2D eigenvalue weighted by atomic mass is 16.3. The Balaban J connectivity index is 1.94. The second-order valence-corrected chi connectivity index (χ2v) is 4.43. The maximum Gasteiger partial charge on any atom is 0.229 e. The number of phenols is 1. The Morgan fingerprint density at radius 3 is 2.95 bits per heavy atom. The molecule has 1 aliphatic heterocycles. The molecule has 6 nitrogen and oxygen atoms in total. The molecule has 1 aliphatic rings. The average Bonchev–Trinajstić information content (AvgIpc) is 2.42. The number of nitrogens with two attached hydrogens (primary N) is 1. The van der Waals surface area contributed by atoms with E-state index in [0.717, 1.165) is 24.2 Å². The molecule has 1 aromatic heterocycles. The molecule has 1 aromatic carbocycles. The summed E-state index contributed by atoms with van der Waals surface area (Å²) in [5.74, 6) is 1.05. The number of para-hydroxylation sites is 2. The summed E-state index contributed by atoms with van der Waals surface area (Å²) in [7, 11) is 0. The van der Waals surface area contributed by atoms with Crippen molar-refractivity contribution in [2.24, 2.45) is 0 Å². The van der Waals surface area contributed by atoms with E-state index < -0.39 is 0 Å². The van der Waals surface area contributed by atoms with Gasteiger partial charge in [-0.2, -0.15) is 4.98 Å². The van der Waals surface area contributed by atoms with Crippen LogP contribution in [0.1, 0.15) is 11.3 Å². The third kappa shape index (κ3) is 2.30. The Hall–Kier alpha value is -2.34. The summed E-state index contributed by atoms with van der Waals surface area (Å²) in [5, 5.41) is 16.0. The molecule has 0 bridgehead atoms. The number of rotatable bonds is 2. The van der Waals surface area contributed by atoms with Crippen molar-refractivity contribution in [3.05, 3.63) is 35.5 Å². The van der Waals surface area contributed by atoms with Crippen LogP contribution in [0.2, 0.25) is 0 Å². The maximum atomic E-state index is 9.72. The molecule has 3 rings (SSSR count). The van der Waals surface area contributed by atoms with Gasteiger partial charge in [-0.3, -0.25) is 0 Å². The molecule has 0 aliphatic carbocycles. The molecule has 0 radical (unpaired) electrons. The summed E-state index contributed by atoms with van der Waals surface area (Å²) in [4.78, 5) is 8.68. The van der Waals surface area contributed by atoms with Crippen LogP contribution in [-0.4, -0.2) is 21.6 Å².